The molecule has 1 heterocycles. The van der Waals surface area contributed by atoms with Gasteiger partial charge in [-0.2, -0.15) is 5.26 Å². The van der Waals surface area contributed by atoms with Crippen LogP contribution in [0.15, 0.2) is 24.3 Å². The summed E-state index contributed by atoms with van der Waals surface area (Å²) in [5.74, 6) is -0.227. The summed E-state index contributed by atoms with van der Waals surface area (Å²) in [5.41, 5.74) is 1.20. The van der Waals surface area contributed by atoms with Crippen LogP contribution in [0, 0.1) is 11.3 Å². The van der Waals surface area contributed by atoms with Crippen LogP contribution in [0.4, 0.5) is 5.69 Å². The molecule has 1 unspecified atom stereocenters. The predicted octanol–water partition coefficient (Wildman–Crippen LogP) is 0.912. The number of carbonyl (C=O) groups excluding carboxylic acids is 1. The second-order valence-electron chi connectivity index (χ2n) is 3.61. The number of ether oxygens (including phenoxy) is 2. The van der Waals surface area contributed by atoms with Gasteiger partial charge in [-0.1, -0.05) is 0 Å². The van der Waals surface area contributed by atoms with Crippen LogP contribution in [0.25, 0.3) is 0 Å². The molecule has 1 amide bonds. The third kappa shape index (κ3) is 3.03. The van der Waals surface area contributed by atoms with E-state index in [-0.39, 0.29) is 12.5 Å². The van der Waals surface area contributed by atoms with E-state index in [2.05, 4.69) is 5.32 Å². The molecule has 1 saturated heterocycles. The summed E-state index contributed by atoms with van der Waals surface area (Å²) < 4.78 is 10.4. The summed E-state index contributed by atoms with van der Waals surface area (Å²) >= 11 is 0. The maximum atomic E-state index is 11.7. The van der Waals surface area contributed by atoms with Crippen molar-refractivity contribution >= 4 is 11.6 Å². The molecular formula is C12H12N2O3. The summed E-state index contributed by atoms with van der Waals surface area (Å²) in [6.07, 6.45) is -0.556. The Morgan fingerprint density at radius 1 is 1.35 bits per heavy atom. The summed E-state index contributed by atoms with van der Waals surface area (Å²) in [6.45, 7) is 1.24. The lowest BCUT2D eigenvalue weighted by Crippen LogP contribution is -2.39. The molecule has 17 heavy (non-hydrogen) atoms. The number of nitrogens with one attached hydrogen (secondary N) is 1. The van der Waals surface area contributed by atoms with Crippen LogP contribution in [0.1, 0.15) is 5.56 Å². The first kappa shape index (κ1) is 11.6. The van der Waals surface area contributed by atoms with Crippen molar-refractivity contribution in [3.05, 3.63) is 29.8 Å². The number of anilines is 1. The molecule has 0 spiro atoms. The largest absolute Gasteiger partial charge is 0.376 e. The van der Waals surface area contributed by atoms with Gasteiger partial charge >= 0.3 is 0 Å². The summed E-state index contributed by atoms with van der Waals surface area (Å²) in [7, 11) is 0. The smallest absolute Gasteiger partial charge is 0.255 e. The average molecular weight is 232 g/mol. The fraction of sp³-hybridized carbons (Fsp3) is 0.333. The van der Waals surface area contributed by atoms with Crippen LogP contribution in [0.3, 0.4) is 0 Å². The first-order valence-corrected chi connectivity index (χ1v) is 5.30. The SMILES string of the molecule is N#Cc1ccc(NC(=O)C2COCCO2)cc1. The molecule has 1 aromatic rings. The van der Waals surface area contributed by atoms with E-state index in [1.54, 1.807) is 24.3 Å². The lowest BCUT2D eigenvalue weighted by atomic mass is 10.2. The molecule has 2 rings (SSSR count). The quantitative estimate of drug-likeness (QED) is 0.822. The Morgan fingerprint density at radius 3 is 2.71 bits per heavy atom. The Hall–Kier alpha value is -1.90. The van der Waals surface area contributed by atoms with Crippen LogP contribution >= 0.6 is 0 Å². The molecule has 0 aromatic heterocycles. The van der Waals surface area contributed by atoms with Gasteiger partial charge < -0.3 is 14.8 Å². The van der Waals surface area contributed by atoms with Crippen molar-refractivity contribution < 1.29 is 14.3 Å². The monoisotopic (exact) mass is 232 g/mol. The molecule has 5 nitrogen and oxygen atoms in total. The zero-order valence-corrected chi connectivity index (χ0v) is 9.18. The van der Waals surface area contributed by atoms with Gasteiger partial charge in [0, 0.05) is 5.69 Å². The Morgan fingerprint density at radius 2 is 2.12 bits per heavy atom. The number of nitriles is 1. The Bertz CT molecular complexity index is 430. The van der Waals surface area contributed by atoms with Gasteiger partial charge in [0.2, 0.25) is 0 Å². The number of rotatable bonds is 2. The molecular weight excluding hydrogens is 220 g/mol. The lowest BCUT2D eigenvalue weighted by Gasteiger charge is -2.22. The molecule has 0 aliphatic carbocycles. The molecule has 88 valence electrons. The maximum Gasteiger partial charge on any atom is 0.255 e. The second kappa shape index (κ2) is 5.43. The van der Waals surface area contributed by atoms with Gasteiger partial charge in [-0.3, -0.25) is 4.79 Å². The fourth-order valence-corrected chi connectivity index (χ4v) is 1.49. The van der Waals surface area contributed by atoms with E-state index in [0.717, 1.165) is 0 Å². The molecule has 1 fully saturated rings. The minimum atomic E-state index is -0.556. The van der Waals surface area contributed by atoms with E-state index in [9.17, 15) is 4.79 Å². The number of hydrogen-bond acceptors (Lipinski definition) is 4. The zero-order valence-electron chi connectivity index (χ0n) is 9.18. The van der Waals surface area contributed by atoms with Crippen molar-refractivity contribution in [1.82, 2.24) is 0 Å². The van der Waals surface area contributed by atoms with E-state index in [1.165, 1.54) is 0 Å². The fourth-order valence-electron chi connectivity index (χ4n) is 1.49. The van der Waals surface area contributed by atoms with E-state index < -0.39 is 6.10 Å². The number of carbonyl (C=O) groups is 1. The third-order valence-corrected chi connectivity index (χ3v) is 2.39. The molecule has 1 aliphatic heterocycles. The Balaban J connectivity index is 1.95. The molecule has 1 atom stereocenters. The van der Waals surface area contributed by atoms with Crippen LogP contribution < -0.4 is 5.32 Å². The van der Waals surface area contributed by atoms with Crippen LogP contribution in [-0.2, 0) is 14.3 Å². The highest BCUT2D eigenvalue weighted by atomic mass is 16.6. The maximum absolute atomic E-state index is 11.7. The van der Waals surface area contributed by atoms with Gasteiger partial charge in [0.15, 0.2) is 6.10 Å². The molecule has 5 heteroatoms. The normalized spacial score (nSPS) is 19.4. The molecule has 1 N–H and O–H groups in total. The summed E-state index contributed by atoms with van der Waals surface area (Å²) in [4.78, 5) is 11.7. The minimum absolute atomic E-state index is 0.227. The van der Waals surface area contributed by atoms with Crippen LogP contribution in [-0.4, -0.2) is 31.8 Å². The highest BCUT2D eigenvalue weighted by molar-refractivity contribution is 5.94. The average Bonchev–Trinajstić information content (AvgIpc) is 2.40. The molecule has 1 aliphatic rings. The number of hydrogen-bond donors (Lipinski definition) is 1. The third-order valence-electron chi connectivity index (χ3n) is 2.39. The number of benzene rings is 1. The van der Waals surface area contributed by atoms with Crippen molar-refractivity contribution in [3.8, 4) is 6.07 Å². The van der Waals surface area contributed by atoms with E-state index >= 15 is 0 Å². The minimum Gasteiger partial charge on any atom is -0.376 e. The van der Waals surface area contributed by atoms with Gasteiger partial charge in [-0.25, -0.2) is 0 Å². The Kier molecular flexibility index (Phi) is 3.70. The van der Waals surface area contributed by atoms with Crippen molar-refractivity contribution in [2.24, 2.45) is 0 Å². The zero-order chi connectivity index (χ0) is 12.1. The van der Waals surface area contributed by atoms with Gasteiger partial charge in [-0.05, 0) is 24.3 Å². The van der Waals surface area contributed by atoms with Crippen molar-refractivity contribution in [1.29, 1.82) is 5.26 Å². The van der Waals surface area contributed by atoms with Crippen molar-refractivity contribution in [2.75, 3.05) is 25.1 Å². The van der Waals surface area contributed by atoms with Crippen molar-refractivity contribution in [3.63, 3.8) is 0 Å². The number of nitrogens with zero attached hydrogens (tertiary/aromatic N) is 1. The first-order chi connectivity index (χ1) is 8.29. The molecule has 1 aromatic carbocycles. The summed E-state index contributed by atoms with van der Waals surface area (Å²) in [5, 5.41) is 11.3. The topological polar surface area (TPSA) is 71.4 Å². The predicted molar refractivity (Wildman–Crippen MR) is 60.3 cm³/mol. The Labute approximate surface area is 98.9 Å². The van der Waals surface area contributed by atoms with Crippen LogP contribution in [0.5, 0.6) is 0 Å². The van der Waals surface area contributed by atoms with Crippen molar-refractivity contribution in [2.45, 2.75) is 6.10 Å². The highest BCUT2D eigenvalue weighted by Gasteiger charge is 2.22. The number of amides is 1. The van der Waals surface area contributed by atoms with Gasteiger partial charge in [0.25, 0.3) is 5.91 Å². The van der Waals surface area contributed by atoms with Gasteiger partial charge in [0.1, 0.15) is 0 Å². The van der Waals surface area contributed by atoms with E-state index in [1.807, 2.05) is 6.07 Å². The van der Waals surface area contributed by atoms with Crippen LogP contribution in [0.2, 0.25) is 0 Å². The van der Waals surface area contributed by atoms with E-state index in [4.69, 9.17) is 14.7 Å². The van der Waals surface area contributed by atoms with Gasteiger partial charge in [0.05, 0.1) is 31.5 Å². The molecule has 0 saturated carbocycles. The molecule has 0 bridgehead atoms. The lowest BCUT2D eigenvalue weighted by molar-refractivity contribution is -0.142. The van der Waals surface area contributed by atoms with Gasteiger partial charge in [-0.15, -0.1) is 0 Å². The second-order valence-corrected chi connectivity index (χ2v) is 3.61. The standard InChI is InChI=1S/C12H12N2O3/c13-7-9-1-3-10(4-2-9)14-12(15)11-8-16-5-6-17-11/h1-4,11H,5-6,8H2,(H,14,15). The van der Waals surface area contributed by atoms with E-state index in [0.29, 0.717) is 24.5 Å². The first-order valence-electron chi connectivity index (χ1n) is 5.30. The molecule has 0 radical (unpaired) electrons. The summed E-state index contributed by atoms with van der Waals surface area (Å²) in [6, 6.07) is 8.67. The highest BCUT2D eigenvalue weighted by Crippen LogP contribution is 2.10.